The molecular weight excluding hydrogens is 613 g/mol. The molecule has 1 atom stereocenters. The molecule has 10 nitrogen and oxygen atoms in total. The molecule has 1 aliphatic rings. The number of hydrogen-bond donors (Lipinski definition) is 3. The number of carbonyl (C=O) groups excluding carboxylic acids is 1. The molecule has 2 heterocycles. The number of halogens is 6. The summed E-state index contributed by atoms with van der Waals surface area (Å²) in [5.41, 5.74) is -1.69. The van der Waals surface area contributed by atoms with Crippen LogP contribution in [0, 0.1) is 0 Å². The Labute approximate surface area is 244 Å². The van der Waals surface area contributed by atoms with Gasteiger partial charge in [-0.2, -0.15) is 27.1 Å². The van der Waals surface area contributed by atoms with Gasteiger partial charge in [-0.25, -0.2) is 13.4 Å². The number of ether oxygens (including phenoxy) is 1. The van der Waals surface area contributed by atoms with Crippen molar-refractivity contribution in [3.05, 3.63) is 23.0 Å². The second kappa shape index (κ2) is 13.3. The third kappa shape index (κ3) is 8.66. The first-order chi connectivity index (χ1) is 19.5. The van der Waals surface area contributed by atoms with Gasteiger partial charge < -0.3 is 20.5 Å². The molecular formula is C25H33ClF5N5O5S. The molecule has 3 rings (SSSR count). The minimum Gasteiger partial charge on any atom is -0.434 e. The van der Waals surface area contributed by atoms with Gasteiger partial charge in [-0.05, 0) is 39.0 Å². The second-order valence-electron chi connectivity index (χ2n) is 10.3. The number of carbonyl (C=O) groups is 1. The Hall–Kier alpha value is -2.72. The molecule has 3 N–H and O–H groups in total. The van der Waals surface area contributed by atoms with Gasteiger partial charge in [-0.3, -0.25) is 9.48 Å². The van der Waals surface area contributed by atoms with E-state index in [0.29, 0.717) is 0 Å². The van der Waals surface area contributed by atoms with Crippen LogP contribution in [-0.2, 0) is 16.4 Å². The maximum atomic E-state index is 13.3. The summed E-state index contributed by atoms with van der Waals surface area (Å²) in [6, 6.07) is -0.0505. The Balaban J connectivity index is 1.86. The molecule has 0 saturated heterocycles. The van der Waals surface area contributed by atoms with Gasteiger partial charge in [0, 0.05) is 37.7 Å². The molecule has 0 spiro atoms. The van der Waals surface area contributed by atoms with Gasteiger partial charge in [0.25, 0.3) is 5.91 Å². The number of nitrogens with one attached hydrogen (secondary N) is 2. The molecule has 0 aromatic carbocycles. The summed E-state index contributed by atoms with van der Waals surface area (Å²) in [6.07, 6.45) is -2.56. The first-order valence-electron chi connectivity index (χ1n) is 13.2. The van der Waals surface area contributed by atoms with E-state index in [2.05, 4.69) is 25.5 Å². The van der Waals surface area contributed by atoms with Crippen LogP contribution in [0.3, 0.4) is 0 Å². The highest BCUT2D eigenvalue weighted by Crippen LogP contribution is 2.39. The van der Waals surface area contributed by atoms with Crippen LogP contribution in [0.1, 0.15) is 62.9 Å². The topological polar surface area (TPSA) is 135 Å². The summed E-state index contributed by atoms with van der Waals surface area (Å²) in [5.74, 6) is -1.36. The number of rotatable bonds is 12. The number of aliphatic hydroxyl groups is 1. The summed E-state index contributed by atoms with van der Waals surface area (Å²) >= 11 is 6.51. The second-order valence-corrected chi connectivity index (χ2v) is 13.0. The lowest BCUT2D eigenvalue weighted by atomic mass is 9.84. The van der Waals surface area contributed by atoms with Crippen molar-refractivity contribution in [3.63, 3.8) is 0 Å². The van der Waals surface area contributed by atoms with Gasteiger partial charge in [0.15, 0.2) is 5.69 Å². The van der Waals surface area contributed by atoms with Crippen LogP contribution in [0.25, 0.3) is 11.3 Å². The largest absolute Gasteiger partial charge is 0.434 e. The fraction of sp³-hybridized carbons (Fsp3) is 0.640. The van der Waals surface area contributed by atoms with E-state index in [1.54, 1.807) is 6.92 Å². The molecule has 1 aliphatic carbocycles. The molecule has 42 heavy (non-hydrogen) atoms. The summed E-state index contributed by atoms with van der Waals surface area (Å²) in [7, 11) is -3.26. The zero-order valence-corrected chi connectivity index (χ0v) is 24.7. The molecule has 0 unspecified atom stereocenters. The standard InChI is InChI=1S/C25H33ClF5N5O5S/c1-4-14(11-25(29,30)31)34-18-10-17(41-23(27)28)16(12-32-18)21-19(26)20(35-36(21)5-2)22(37)33-13-24(38)8-6-15(7-9-24)42(3,39)40/h10,12,14-15,23,38H,4-9,11,13H2,1-3H3,(H,32,34)(H,33,37)/t14-,15?,24?/m0/s1. The van der Waals surface area contributed by atoms with Gasteiger partial charge in [-0.15, -0.1) is 0 Å². The molecule has 1 saturated carbocycles. The minimum atomic E-state index is -4.46. The fourth-order valence-electron chi connectivity index (χ4n) is 4.81. The van der Waals surface area contributed by atoms with Crippen molar-refractivity contribution < 1.29 is 45.0 Å². The lowest BCUT2D eigenvalue weighted by Gasteiger charge is -2.35. The Morgan fingerprint density at radius 3 is 2.45 bits per heavy atom. The zero-order valence-electron chi connectivity index (χ0n) is 23.1. The molecule has 0 bridgehead atoms. The molecule has 236 valence electrons. The van der Waals surface area contributed by atoms with Crippen LogP contribution >= 0.6 is 11.6 Å². The lowest BCUT2D eigenvalue weighted by Crippen LogP contribution is -2.47. The normalized spacial score (nSPS) is 20.4. The van der Waals surface area contributed by atoms with Crippen LogP contribution in [0.15, 0.2) is 12.3 Å². The van der Waals surface area contributed by atoms with E-state index >= 15 is 0 Å². The third-order valence-corrected chi connectivity index (χ3v) is 9.16. The van der Waals surface area contributed by atoms with Gasteiger partial charge in [0.1, 0.15) is 21.4 Å². The summed E-state index contributed by atoms with van der Waals surface area (Å²) in [5, 5.41) is 19.4. The first kappa shape index (κ1) is 33.8. The van der Waals surface area contributed by atoms with E-state index in [1.807, 2.05) is 0 Å². The van der Waals surface area contributed by atoms with E-state index in [-0.39, 0.29) is 73.0 Å². The van der Waals surface area contributed by atoms with Crippen molar-refractivity contribution in [2.45, 2.75) is 88.6 Å². The molecule has 0 radical (unpaired) electrons. The number of aryl methyl sites for hydroxylation is 1. The van der Waals surface area contributed by atoms with Gasteiger partial charge >= 0.3 is 12.8 Å². The third-order valence-electron chi connectivity index (χ3n) is 7.12. The lowest BCUT2D eigenvalue weighted by molar-refractivity contribution is -0.137. The van der Waals surface area contributed by atoms with Crippen molar-refractivity contribution >= 4 is 33.2 Å². The summed E-state index contributed by atoms with van der Waals surface area (Å²) in [6.45, 7) is -0.187. The van der Waals surface area contributed by atoms with Crippen LogP contribution in [0.5, 0.6) is 5.75 Å². The number of anilines is 1. The average molecular weight is 646 g/mol. The fourth-order valence-corrected chi connectivity index (χ4v) is 6.22. The minimum absolute atomic E-state index is 0.00808. The highest BCUT2D eigenvalue weighted by atomic mass is 35.5. The smallest absolute Gasteiger partial charge is 0.391 e. The van der Waals surface area contributed by atoms with Crippen molar-refractivity contribution in [2.24, 2.45) is 0 Å². The molecule has 17 heteroatoms. The van der Waals surface area contributed by atoms with E-state index in [1.165, 1.54) is 11.6 Å². The van der Waals surface area contributed by atoms with E-state index < -0.39 is 57.6 Å². The number of alkyl halides is 5. The van der Waals surface area contributed by atoms with Gasteiger partial charge in [-0.1, -0.05) is 18.5 Å². The van der Waals surface area contributed by atoms with Gasteiger partial charge in [0.2, 0.25) is 0 Å². The maximum absolute atomic E-state index is 13.3. The van der Waals surface area contributed by atoms with E-state index in [0.717, 1.165) is 18.5 Å². The average Bonchev–Trinajstić information content (AvgIpc) is 3.21. The number of hydrogen-bond acceptors (Lipinski definition) is 8. The van der Waals surface area contributed by atoms with Gasteiger partial charge in [0.05, 0.1) is 33.6 Å². The monoisotopic (exact) mass is 645 g/mol. The van der Waals surface area contributed by atoms with Crippen LogP contribution in [-0.4, -0.2) is 76.7 Å². The summed E-state index contributed by atoms with van der Waals surface area (Å²) in [4.78, 5) is 17.1. The Morgan fingerprint density at radius 2 is 1.93 bits per heavy atom. The predicted molar refractivity (Wildman–Crippen MR) is 146 cm³/mol. The van der Waals surface area contributed by atoms with Crippen molar-refractivity contribution in [3.8, 4) is 17.0 Å². The van der Waals surface area contributed by atoms with Crippen molar-refractivity contribution in [1.29, 1.82) is 0 Å². The molecule has 1 fully saturated rings. The Bertz CT molecular complexity index is 1360. The number of pyridine rings is 1. The number of amides is 1. The molecule has 1 amide bonds. The molecule has 2 aromatic heterocycles. The SMILES string of the molecule is CC[C@@H](CC(F)(F)F)Nc1cc(OC(F)F)c(-c2c(Cl)c(C(=O)NCC3(O)CCC(S(C)(=O)=O)CC3)nn2CC)cn1. The quantitative estimate of drug-likeness (QED) is 0.280. The van der Waals surface area contributed by atoms with Crippen LogP contribution < -0.4 is 15.4 Å². The Kier molecular flexibility index (Phi) is 10.7. The molecule has 0 aliphatic heterocycles. The summed E-state index contributed by atoms with van der Waals surface area (Å²) < 4.78 is 94.8. The zero-order chi connectivity index (χ0) is 31.5. The van der Waals surface area contributed by atoms with Crippen LogP contribution in [0.2, 0.25) is 5.02 Å². The van der Waals surface area contributed by atoms with Crippen molar-refractivity contribution in [2.75, 3.05) is 18.1 Å². The first-order valence-corrected chi connectivity index (χ1v) is 15.5. The predicted octanol–water partition coefficient (Wildman–Crippen LogP) is 4.81. The van der Waals surface area contributed by atoms with E-state index in [9.17, 15) is 40.3 Å². The van der Waals surface area contributed by atoms with Crippen molar-refractivity contribution in [1.82, 2.24) is 20.1 Å². The highest BCUT2D eigenvalue weighted by molar-refractivity contribution is 7.91. The Morgan fingerprint density at radius 1 is 1.29 bits per heavy atom. The van der Waals surface area contributed by atoms with E-state index in [4.69, 9.17) is 11.6 Å². The number of sulfone groups is 1. The molecule has 2 aromatic rings. The maximum Gasteiger partial charge on any atom is 0.391 e. The number of aromatic nitrogens is 3. The number of nitrogens with zero attached hydrogens (tertiary/aromatic N) is 3. The van der Waals surface area contributed by atoms with Crippen LogP contribution in [0.4, 0.5) is 27.8 Å². The highest BCUT2D eigenvalue weighted by Gasteiger charge is 2.37.